The number of ether oxygens (including phenoxy) is 2. The summed E-state index contributed by atoms with van der Waals surface area (Å²) in [5, 5.41) is 0.0739. The largest absolute Gasteiger partial charge is 0.494 e. The minimum absolute atomic E-state index is 0.0739. The van der Waals surface area contributed by atoms with Gasteiger partial charge in [-0.25, -0.2) is 4.39 Å². The maximum Gasteiger partial charge on any atom is 0.142 e. The third-order valence-electron chi connectivity index (χ3n) is 3.71. The number of benzene rings is 2. The number of halogens is 2. The Balaban J connectivity index is 2.21. The van der Waals surface area contributed by atoms with Gasteiger partial charge in [-0.15, -0.1) is 0 Å². The Bertz CT molecular complexity index is 641. The molecule has 2 nitrogen and oxygen atoms in total. The van der Waals surface area contributed by atoms with Gasteiger partial charge in [-0.3, -0.25) is 0 Å². The quantitative estimate of drug-likeness (QED) is 0.480. The second-order valence-corrected chi connectivity index (χ2v) is 6.10. The van der Waals surface area contributed by atoms with Crippen LogP contribution in [0, 0.1) is 5.82 Å². The molecule has 0 atom stereocenters. The highest BCUT2D eigenvalue weighted by atomic mass is 35.5. The molecule has 0 saturated heterocycles. The fourth-order valence-corrected chi connectivity index (χ4v) is 2.42. The molecule has 2 rings (SSSR count). The van der Waals surface area contributed by atoms with Crippen LogP contribution in [-0.2, 0) is 0 Å². The summed E-state index contributed by atoms with van der Waals surface area (Å²) in [6.45, 7) is 5.52. The number of hydrogen-bond donors (Lipinski definition) is 0. The maximum absolute atomic E-state index is 13.9. The van der Waals surface area contributed by atoms with Crippen molar-refractivity contribution in [3.05, 3.63) is 47.2 Å². The van der Waals surface area contributed by atoms with Gasteiger partial charge < -0.3 is 9.47 Å². The molecule has 24 heavy (non-hydrogen) atoms. The van der Waals surface area contributed by atoms with Gasteiger partial charge in [0.2, 0.25) is 0 Å². The van der Waals surface area contributed by atoms with E-state index < -0.39 is 5.82 Å². The van der Waals surface area contributed by atoms with Gasteiger partial charge >= 0.3 is 0 Å². The van der Waals surface area contributed by atoms with Crippen LogP contribution in [-0.4, -0.2) is 13.2 Å². The summed E-state index contributed by atoms with van der Waals surface area (Å²) < 4.78 is 25.4. The van der Waals surface area contributed by atoms with Crippen LogP contribution >= 0.6 is 11.6 Å². The molecule has 2 aromatic carbocycles. The summed E-state index contributed by atoms with van der Waals surface area (Å²) in [6.07, 6.45) is 4.10. The zero-order chi connectivity index (χ0) is 17.4. The minimum Gasteiger partial charge on any atom is -0.494 e. The van der Waals surface area contributed by atoms with Crippen molar-refractivity contribution in [2.75, 3.05) is 13.2 Å². The summed E-state index contributed by atoms with van der Waals surface area (Å²) in [7, 11) is 0. The first-order valence-corrected chi connectivity index (χ1v) is 8.88. The van der Waals surface area contributed by atoms with Crippen molar-refractivity contribution in [3.63, 3.8) is 0 Å². The summed E-state index contributed by atoms with van der Waals surface area (Å²) in [5.41, 5.74) is 1.58. The van der Waals surface area contributed by atoms with Crippen LogP contribution in [0.1, 0.15) is 39.5 Å². The molecule has 0 aliphatic carbocycles. The van der Waals surface area contributed by atoms with Crippen LogP contribution in [0.4, 0.5) is 4.39 Å². The van der Waals surface area contributed by atoms with Gasteiger partial charge in [0.1, 0.15) is 17.3 Å². The summed E-state index contributed by atoms with van der Waals surface area (Å²) in [5.74, 6) is 0.974. The fraction of sp³-hybridized carbons (Fsp3) is 0.400. The van der Waals surface area contributed by atoms with Gasteiger partial charge in [-0.2, -0.15) is 0 Å². The van der Waals surface area contributed by atoms with Crippen molar-refractivity contribution in [3.8, 4) is 22.6 Å². The molecule has 130 valence electrons. The second kappa shape index (κ2) is 9.53. The molecule has 0 saturated carbocycles. The van der Waals surface area contributed by atoms with Crippen LogP contribution in [0.5, 0.6) is 11.5 Å². The maximum atomic E-state index is 13.9. The van der Waals surface area contributed by atoms with Crippen molar-refractivity contribution in [2.45, 2.75) is 39.5 Å². The Kier molecular flexibility index (Phi) is 7.38. The number of rotatable bonds is 9. The molecule has 0 spiro atoms. The Labute approximate surface area is 148 Å². The van der Waals surface area contributed by atoms with Crippen molar-refractivity contribution in [1.82, 2.24) is 0 Å². The van der Waals surface area contributed by atoms with Gasteiger partial charge in [0, 0.05) is 11.6 Å². The molecule has 0 aliphatic heterocycles. The Hall–Kier alpha value is -1.74. The zero-order valence-electron chi connectivity index (χ0n) is 14.3. The topological polar surface area (TPSA) is 18.5 Å². The van der Waals surface area contributed by atoms with E-state index >= 15 is 0 Å². The molecule has 0 radical (unpaired) electrons. The number of unbranched alkanes of at least 4 members (excludes halogenated alkanes) is 2. The highest BCUT2D eigenvalue weighted by Gasteiger charge is 2.12. The summed E-state index contributed by atoms with van der Waals surface area (Å²) in [4.78, 5) is 0. The standard InChI is InChI=1S/C20H24ClFO2/c1-3-5-11-23-16-9-7-15(8-10-16)17-13-19(22)18(21)14-20(17)24-12-6-4-2/h7-10,13-14H,3-6,11-12H2,1-2H3. The van der Waals surface area contributed by atoms with Crippen LogP contribution in [0.25, 0.3) is 11.1 Å². The molecule has 4 heteroatoms. The van der Waals surface area contributed by atoms with Crippen LogP contribution < -0.4 is 9.47 Å². The highest BCUT2D eigenvalue weighted by Crippen LogP contribution is 2.35. The normalized spacial score (nSPS) is 10.7. The Morgan fingerprint density at radius 1 is 0.917 bits per heavy atom. The molecular formula is C20H24ClFO2. The van der Waals surface area contributed by atoms with E-state index in [-0.39, 0.29) is 5.02 Å². The molecule has 0 unspecified atom stereocenters. The molecular weight excluding hydrogens is 327 g/mol. The summed E-state index contributed by atoms with van der Waals surface area (Å²) >= 11 is 5.91. The minimum atomic E-state index is -0.446. The Morgan fingerprint density at radius 3 is 2.17 bits per heavy atom. The van der Waals surface area contributed by atoms with Crippen molar-refractivity contribution >= 4 is 11.6 Å². The van der Waals surface area contributed by atoms with Gasteiger partial charge in [0.05, 0.1) is 18.2 Å². The predicted octanol–water partition coefficient (Wildman–Crippen LogP) is 6.50. The van der Waals surface area contributed by atoms with E-state index in [0.29, 0.717) is 24.5 Å². The fourth-order valence-electron chi connectivity index (χ4n) is 2.27. The predicted molar refractivity (Wildman–Crippen MR) is 97.7 cm³/mol. The lowest BCUT2D eigenvalue weighted by molar-refractivity contribution is 0.309. The molecule has 0 N–H and O–H groups in total. The lowest BCUT2D eigenvalue weighted by Crippen LogP contribution is -1.99. The first-order valence-electron chi connectivity index (χ1n) is 8.50. The van der Waals surface area contributed by atoms with E-state index in [9.17, 15) is 4.39 Å². The van der Waals surface area contributed by atoms with Crippen LogP contribution in [0.2, 0.25) is 5.02 Å². The molecule has 0 heterocycles. The smallest absolute Gasteiger partial charge is 0.142 e. The highest BCUT2D eigenvalue weighted by molar-refractivity contribution is 6.31. The lowest BCUT2D eigenvalue weighted by atomic mass is 10.0. The molecule has 2 aromatic rings. The molecule has 0 aromatic heterocycles. The third kappa shape index (κ3) is 5.13. The third-order valence-corrected chi connectivity index (χ3v) is 4.00. The second-order valence-electron chi connectivity index (χ2n) is 5.69. The van der Waals surface area contributed by atoms with Crippen molar-refractivity contribution < 1.29 is 13.9 Å². The number of hydrogen-bond acceptors (Lipinski definition) is 2. The van der Waals surface area contributed by atoms with Crippen LogP contribution in [0.15, 0.2) is 36.4 Å². The first kappa shape index (κ1) is 18.6. The monoisotopic (exact) mass is 350 g/mol. The van der Waals surface area contributed by atoms with E-state index in [0.717, 1.165) is 37.0 Å². The van der Waals surface area contributed by atoms with Crippen LogP contribution in [0.3, 0.4) is 0 Å². The van der Waals surface area contributed by atoms with E-state index in [1.807, 2.05) is 24.3 Å². The zero-order valence-corrected chi connectivity index (χ0v) is 15.0. The summed E-state index contributed by atoms with van der Waals surface area (Å²) in [6, 6.07) is 10.6. The first-order chi connectivity index (χ1) is 11.7. The van der Waals surface area contributed by atoms with E-state index in [4.69, 9.17) is 21.1 Å². The van der Waals surface area contributed by atoms with Crippen molar-refractivity contribution in [2.24, 2.45) is 0 Å². The van der Waals surface area contributed by atoms with Gasteiger partial charge in [-0.05, 0) is 36.6 Å². The van der Waals surface area contributed by atoms with Gasteiger partial charge in [-0.1, -0.05) is 50.4 Å². The molecule has 0 amide bonds. The van der Waals surface area contributed by atoms with E-state index in [1.165, 1.54) is 6.07 Å². The van der Waals surface area contributed by atoms with Gasteiger partial charge in [0.15, 0.2) is 0 Å². The SMILES string of the molecule is CCCCOc1ccc(-c2cc(F)c(Cl)cc2OCCCC)cc1. The average Bonchev–Trinajstić information content (AvgIpc) is 2.59. The van der Waals surface area contributed by atoms with E-state index in [1.54, 1.807) is 6.07 Å². The Morgan fingerprint density at radius 2 is 1.54 bits per heavy atom. The average molecular weight is 351 g/mol. The van der Waals surface area contributed by atoms with Crippen molar-refractivity contribution in [1.29, 1.82) is 0 Å². The van der Waals surface area contributed by atoms with Gasteiger partial charge in [0.25, 0.3) is 0 Å². The van der Waals surface area contributed by atoms with E-state index in [2.05, 4.69) is 13.8 Å². The molecule has 0 fully saturated rings. The molecule has 0 aliphatic rings. The molecule has 0 bridgehead atoms. The lowest BCUT2D eigenvalue weighted by Gasteiger charge is -2.13.